The minimum Gasteiger partial charge on any atom is -0.366 e. The minimum atomic E-state index is -0.232. The van der Waals surface area contributed by atoms with E-state index in [1.165, 1.54) is 0 Å². The highest BCUT2D eigenvalue weighted by Crippen LogP contribution is 2.34. The number of rotatable bonds is 1. The number of fused-ring (bicyclic) bond motifs is 1. The highest BCUT2D eigenvalue weighted by Gasteiger charge is 2.39. The molecule has 0 unspecified atom stereocenters. The van der Waals surface area contributed by atoms with Crippen LogP contribution in [0.5, 0.6) is 0 Å². The third kappa shape index (κ3) is 2.83. The lowest BCUT2D eigenvalue weighted by atomic mass is 9.98. The third-order valence-electron chi connectivity index (χ3n) is 3.62. The van der Waals surface area contributed by atoms with Gasteiger partial charge in [0.15, 0.2) is 11.0 Å². The Kier molecular flexibility index (Phi) is 3.34. The molecule has 0 bridgehead atoms. The lowest BCUT2D eigenvalue weighted by molar-refractivity contribution is -0.133. The molecule has 0 N–H and O–H groups in total. The smallest absolute Gasteiger partial charge is 0.159 e. The largest absolute Gasteiger partial charge is 0.366 e. The summed E-state index contributed by atoms with van der Waals surface area (Å²) < 4.78 is 6.13. The number of morpholine rings is 1. The van der Waals surface area contributed by atoms with Gasteiger partial charge in [-0.15, -0.1) is 10.2 Å². The molecular weight excluding hydrogens is 286 g/mol. The van der Waals surface area contributed by atoms with Crippen molar-refractivity contribution in [1.82, 2.24) is 10.2 Å². The summed E-state index contributed by atoms with van der Waals surface area (Å²) in [5, 5.41) is 10.9. The second-order valence-electron chi connectivity index (χ2n) is 6.84. The average Bonchev–Trinajstić information content (AvgIpc) is 2.35. The zero-order chi connectivity index (χ0) is 15.3. The number of aromatic nitrogens is 2. The maximum atomic E-state index is 6.16. The molecular formula is C16H20ClN3O. The minimum absolute atomic E-state index is 0.232. The molecule has 5 heteroatoms. The first-order valence-corrected chi connectivity index (χ1v) is 7.51. The van der Waals surface area contributed by atoms with Crippen molar-refractivity contribution in [3.8, 4) is 0 Å². The Hall–Kier alpha value is -1.39. The van der Waals surface area contributed by atoms with E-state index in [1.807, 2.05) is 24.3 Å². The molecule has 2 aromatic rings. The van der Waals surface area contributed by atoms with Gasteiger partial charge in [0, 0.05) is 23.9 Å². The van der Waals surface area contributed by atoms with Gasteiger partial charge in [-0.2, -0.15) is 0 Å². The van der Waals surface area contributed by atoms with Crippen LogP contribution in [0.15, 0.2) is 24.3 Å². The van der Waals surface area contributed by atoms with Gasteiger partial charge < -0.3 is 9.64 Å². The van der Waals surface area contributed by atoms with E-state index in [0.717, 1.165) is 29.7 Å². The van der Waals surface area contributed by atoms with Crippen molar-refractivity contribution in [3.63, 3.8) is 0 Å². The summed E-state index contributed by atoms with van der Waals surface area (Å²) in [7, 11) is 0. The zero-order valence-corrected chi connectivity index (χ0v) is 13.6. The molecule has 0 spiro atoms. The van der Waals surface area contributed by atoms with E-state index in [2.05, 4.69) is 42.8 Å². The number of ether oxygens (including phenoxy) is 1. The van der Waals surface area contributed by atoms with Gasteiger partial charge in [-0.25, -0.2) is 0 Å². The molecule has 1 aliphatic heterocycles. The fourth-order valence-corrected chi connectivity index (χ4v) is 3.43. The van der Waals surface area contributed by atoms with Crippen molar-refractivity contribution < 1.29 is 4.74 Å². The first-order valence-electron chi connectivity index (χ1n) is 7.13. The number of benzene rings is 1. The third-order valence-corrected chi connectivity index (χ3v) is 3.90. The topological polar surface area (TPSA) is 38.2 Å². The van der Waals surface area contributed by atoms with Gasteiger partial charge in [0.05, 0.1) is 11.2 Å². The molecule has 0 amide bonds. The van der Waals surface area contributed by atoms with Crippen LogP contribution in [0.3, 0.4) is 0 Å². The second kappa shape index (κ2) is 4.82. The highest BCUT2D eigenvalue weighted by atomic mass is 35.5. The van der Waals surface area contributed by atoms with E-state index in [9.17, 15) is 0 Å². The average molecular weight is 306 g/mol. The van der Waals surface area contributed by atoms with E-state index < -0.39 is 0 Å². The van der Waals surface area contributed by atoms with Crippen LogP contribution in [0.2, 0.25) is 5.15 Å². The van der Waals surface area contributed by atoms with E-state index in [0.29, 0.717) is 5.15 Å². The van der Waals surface area contributed by atoms with Gasteiger partial charge in [0.1, 0.15) is 0 Å². The molecule has 2 heterocycles. The summed E-state index contributed by atoms with van der Waals surface area (Å²) >= 11 is 6.16. The molecule has 4 nitrogen and oxygen atoms in total. The molecule has 0 saturated carbocycles. The van der Waals surface area contributed by atoms with Gasteiger partial charge in [-0.1, -0.05) is 35.9 Å². The molecule has 1 fully saturated rings. The number of hydrogen-bond acceptors (Lipinski definition) is 4. The van der Waals surface area contributed by atoms with Crippen molar-refractivity contribution in [3.05, 3.63) is 29.4 Å². The Morgan fingerprint density at radius 3 is 2.19 bits per heavy atom. The van der Waals surface area contributed by atoms with Crippen molar-refractivity contribution >= 4 is 28.2 Å². The lowest BCUT2D eigenvalue weighted by Gasteiger charge is -2.47. The second-order valence-corrected chi connectivity index (χ2v) is 7.20. The van der Waals surface area contributed by atoms with E-state index >= 15 is 0 Å². The van der Waals surface area contributed by atoms with Crippen LogP contribution in [0.4, 0.5) is 5.82 Å². The Labute approximate surface area is 130 Å². The Morgan fingerprint density at radius 2 is 1.57 bits per heavy atom. The summed E-state index contributed by atoms with van der Waals surface area (Å²) in [5.74, 6) is 0.874. The number of nitrogens with zero attached hydrogens (tertiary/aromatic N) is 3. The normalized spacial score (nSPS) is 20.7. The van der Waals surface area contributed by atoms with E-state index in [4.69, 9.17) is 16.3 Å². The number of halogens is 1. The maximum absolute atomic E-state index is 6.16. The van der Waals surface area contributed by atoms with Gasteiger partial charge in [-0.05, 0) is 27.7 Å². The molecule has 21 heavy (non-hydrogen) atoms. The SMILES string of the molecule is CC1(C)CN(c2nnc(Cl)c3ccccc23)CC(C)(C)O1. The Morgan fingerprint density at radius 1 is 1.00 bits per heavy atom. The molecule has 0 aliphatic carbocycles. The van der Waals surface area contributed by atoms with Crippen LogP contribution < -0.4 is 4.90 Å². The number of anilines is 1. The van der Waals surface area contributed by atoms with Crippen molar-refractivity contribution in [2.45, 2.75) is 38.9 Å². The molecule has 0 atom stereocenters. The predicted molar refractivity (Wildman–Crippen MR) is 86.0 cm³/mol. The summed E-state index contributed by atoms with van der Waals surface area (Å²) in [6.07, 6.45) is 0. The van der Waals surface area contributed by atoms with Crippen LogP contribution in [-0.2, 0) is 4.74 Å². The highest BCUT2D eigenvalue weighted by molar-refractivity contribution is 6.34. The van der Waals surface area contributed by atoms with Gasteiger partial charge in [0.25, 0.3) is 0 Å². The molecule has 1 aromatic carbocycles. The van der Waals surface area contributed by atoms with Crippen LogP contribution in [0, 0.1) is 0 Å². The van der Waals surface area contributed by atoms with Crippen LogP contribution >= 0.6 is 11.6 Å². The fraction of sp³-hybridized carbons (Fsp3) is 0.500. The Balaban J connectivity index is 2.10. The monoisotopic (exact) mass is 305 g/mol. The lowest BCUT2D eigenvalue weighted by Crippen LogP contribution is -2.57. The van der Waals surface area contributed by atoms with E-state index in [-0.39, 0.29) is 11.2 Å². The molecule has 1 aromatic heterocycles. The maximum Gasteiger partial charge on any atom is 0.159 e. The van der Waals surface area contributed by atoms with Crippen molar-refractivity contribution in [2.75, 3.05) is 18.0 Å². The summed E-state index contributed by atoms with van der Waals surface area (Å²) in [5.41, 5.74) is -0.464. The molecule has 3 rings (SSSR count). The van der Waals surface area contributed by atoms with Crippen LogP contribution in [-0.4, -0.2) is 34.5 Å². The molecule has 112 valence electrons. The standard InChI is InChI=1S/C16H20ClN3O/c1-15(2)9-20(10-16(3,4)21-15)14-12-8-6-5-7-11(12)13(17)18-19-14/h5-8H,9-10H2,1-4H3. The van der Waals surface area contributed by atoms with Gasteiger partial charge in [0.2, 0.25) is 0 Å². The van der Waals surface area contributed by atoms with E-state index in [1.54, 1.807) is 0 Å². The van der Waals surface area contributed by atoms with Crippen molar-refractivity contribution in [2.24, 2.45) is 0 Å². The fourth-order valence-electron chi connectivity index (χ4n) is 3.23. The molecule has 0 radical (unpaired) electrons. The first-order chi connectivity index (χ1) is 9.77. The van der Waals surface area contributed by atoms with Crippen LogP contribution in [0.25, 0.3) is 10.8 Å². The van der Waals surface area contributed by atoms with Gasteiger partial charge >= 0.3 is 0 Å². The summed E-state index contributed by atoms with van der Waals surface area (Å²) in [6, 6.07) is 7.99. The van der Waals surface area contributed by atoms with Crippen LogP contribution in [0.1, 0.15) is 27.7 Å². The van der Waals surface area contributed by atoms with Gasteiger partial charge in [-0.3, -0.25) is 0 Å². The summed E-state index contributed by atoms with van der Waals surface area (Å²) in [4.78, 5) is 2.25. The summed E-state index contributed by atoms with van der Waals surface area (Å²) in [6.45, 7) is 9.96. The Bertz CT molecular complexity index is 668. The predicted octanol–water partition coefficient (Wildman–Crippen LogP) is 3.68. The quantitative estimate of drug-likeness (QED) is 0.805. The first kappa shape index (κ1) is 14.5. The zero-order valence-electron chi connectivity index (χ0n) is 12.9. The molecule has 1 aliphatic rings. The molecule has 1 saturated heterocycles. The number of hydrogen-bond donors (Lipinski definition) is 0. The van der Waals surface area contributed by atoms with Crippen molar-refractivity contribution in [1.29, 1.82) is 0 Å².